The Kier molecular flexibility index (Phi) is 5.81. The lowest BCUT2D eigenvalue weighted by Crippen LogP contribution is -2.29. The average molecular weight is 466 g/mol. The van der Waals surface area contributed by atoms with E-state index in [0.717, 1.165) is 11.4 Å². The Balaban J connectivity index is 1.54. The molecule has 1 amide bonds. The number of aliphatic hydroxyl groups is 1. The molecule has 7 nitrogen and oxygen atoms in total. The number of nitrogens with one attached hydrogen (secondary N) is 1. The van der Waals surface area contributed by atoms with Gasteiger partial charge in [0.1, 0.15) is 23.3 Å². The molecule has 1 atom stereocenters. The minimum Gasteiger partial charge on any atom is -0.507 e. The third-order valence-corrected chi connectivity index (χ3v) is 5.83. The van der Waals surface area contributed by atoms with Crippen molar-refractivity contribution < 1.29 is 23.8 Å². The van der Waals surface area contributed by atoms with Gasteiger partial charge in [-0.25, -0.2) is 0 Å². The van der Waals surface area contributed by atoms with Crippen LogP contribution in [0.5, 0.6) is 5.75 Å². The van der Waals surface area contributed by atoms with Crippen LogP contribution in [0.25, 0.3) is 5.76 Å². The number of hydrogen-bond acceptors (Lipinski definition) is 6. The number of carbonyl (C=O) groups excluding carboxylic acids is 2. The fourth-order valence-corrected chi connectivity index (χ4v) is 4.11. The number of Topliss-reactive ketones (excluding diaryl/α,β-unsaturated/α-hetero) is 1. The number of ketones is 1. The summed E-state index contributed by atoms with van der Waals surface area (Å²) >= 11 is 0. The van der Waals surface area contributed by atoms with Crippen molar-refractivity contribution in [3.8, 4) is 5.75 Å². The van der Waals surface area contributed by atoms with E-state index in [1.807, 2.05) is 42.5 Å². The average Bonchev–Trinajstić information content (AvgIpc) is 3.52. The lowest BCUT2D eigenvalue weighted by atomic mass is 9.99. The SMILES string of the molecule is COc1ccc(/C(O)=C2/C(=O)C(=O)N(c3ccc(Nc4ccccc4)cc3)C2c2ccco2)cc1. The van der Waals surface area contributed by atoms with Gasteiger partial charge in [-0.2, -0.15) is 0 Å². The molecule has 0 spiro atoms. The summed E-state index contributed by atoms with van der Waals surface area (Å²) in [5.41, 5.74) is 2.60. The predicted octanol–water partition coefficient (Wildman–Crippen LogP) is 5.66. The molecule has 0 bridgehead atoms. The molecule has 1 fully saturated rings. The zero-order valence-corrected chi connectivity index (χ0v) is 18.8. The summed E-state index contributed by atoms with van der Waals surface area (Å²) in [4.78, 5) is 27.7. The minimum atomic E-state index is -0.917. The molecule has 7 heteroatoms. The van der Waals surface area contributed by atoms with E-state index in [0.29, 0.717) is 22.8 Å². The lowest BCUT2D eigenvalue weighted by molar-refractivity contribution is -0.132. The van der Waals surface area contributed by atoms with Gasteiger partial charge in [-0.3, -0.25) is 14.5 Å². The maximum absolute atomic E-state index is 13.2. The molecule has 174 valence electrons. The molecule has 2 N–H and O–H groups in total. The van der Waals surface area contributed by atoms with Gasteiger partial charge < -0.3 is 19.6 Å². The van der Waals surface area contributed by atoms with Gasteiger partial charge in [-0.15, -0.1) is 0 Å². The number of amides is 1. The molecule has 1 aliphatic rings. The smallest absolute Gasteiger partial charge is 0.300 e. The first-order chi connectivity index (χ1) is 17.1. The van der Waals surface area contributed by atoms with Crippen molar-refractivity contribution in [1.82, 2.24) is 0 Å². The molecule has 1 unspecified atom stereocenters. The molecule has 3 aromatic carbocycles. The van der Waals surface area contributed by atoms with Gasteiger partial charge in [0, 0.05) is 22.6 Å². The van der Waals surface area contributed by atoms with Crippen LogP contribution in [0.15, 0.2) is 107 Å². The van der Waals surface area contributed by atoms with Crippen molar-refractivity contribution in [2.75, 3.05) is 17.3 Å². The van der Waals surface area contributed by atoms with E-state index in [2.05, 4.69) is 5.32 Å². The van der Waals surface area contributed by atoms with Crippen molar-refractivity contribution in [2.45, 2.75) is 6.04 Å². The van der Waals surface area contributed by atoms with Crippen molar-refractivity contribution in [3.05, 3.63) is 114 Å². The Morgan fingerprint density at radius 1 is 0.886 bits per heavy atom. The standard InChI is InChI=1S/C28H22N2O5/c1-34-22-15-9-18(10-16-22)26(31)24-25(23-8-5-17-35-23)30(28(33)27(24)32)21-13-11-20(12-14-21)29-19-6-3-2-4-7-19/h2-17,25,29,31H,1H3/b26-24-. The summed E-state index contributed by atoms with van der Waals surface area (Å²) in [7, 11) is 1.54. The summed E-state index contributed by atoms with van der Waals surface area (Å²) in [6.45, 7) is 0. The third kappa shape index (κ3) is 4.15. The van der Waals surface area contributed by atoms with Crippen LogP contribution < -0.4 is 15.0 Å². The Hall–Kier alpha value is -4.78. The Labute approximate surface area is 201 Å². The highest BCUT2D eigenvalue weighted by Gasteiger charge is 2.48. The second-order valence-electron chi connectivity index (χ2n) is 7.95. The summed E-state index contributed by atoms with van der Waals surface area (Å²) in [6.07, 6.45) is 1.47. The molecule has 4 aromatic rings. The van der Waals surface area contributed by atoms with Gasteiger partial charge >= 0.3 is 0 Å². The van der Waals surface area contributed by atoms with E-state index in [1.165, 1.54) is 18.3 Å². The van der Waals surface area contributed by atoms with Crippen LogP contribution >= 0.6 is 0 Å². The Morgan fingerprint density at radius 3 is 2.20 bits per heavy atom. The number of furan rings is 1. The normalized spacial score (nSPS) is 16.9. The largest absolute Gasteiger partial charge is 0.507 e. The molecular formula is C28H22N2O5. The second kappa shape index (κ2) is 9.23. The first-order valence-corrected chi connectivity index (χ1v) is 11.0. The first kappa shape index (κ1) is 22.0. The van der Waals surface area contributed by atoms with E-state index in [1.54, 1.807) is 48.5 Å². The van der Waals surface area contributed by atoms with Crippen LogP contribution in [0.4, 0.5) is 17.1 Å². The Morgan fingerprint density at radius 2 is 1.57 bits per heavy atom. The van der Waals surface area contributed by atoms with Gasteiger partial charge in [0.25, 0.3) is 11.7 Å². The van der Waals surface area contributed by atoms with Crippen molar-refractivity contribution in [2.24, 2.45) is 0 Å². The van der Waals surface area contributed by atoms with Crippen molar-refractivity contribution in [3.63, 3.8) is 0 Å². The summed E-state index contributed by atoms with van der Waals surface area (Å²) in [5, 5.41) is 14.4. The zero-order chi connectivity index (χ0) is 24.4. The van der Waals surface area contributed by atoms with Crippen LogP contribution in [0.3, 0.4) is 0 Å². The molecule has 0 saturated carbocycles. The number of carbonyl (C=O) groups is 2. The predicted molar refractivity (Wildman–Crippen MR) is 133 cm³/mol. The van der Waals surface area contributed by atoms with Crippen LogP contribution in [0.1, 0.15) is 17.4 Å². The van der Waals surface area contributed by atoms with Crippen LogP contribution in [0, 0.1) is 0 Å². The first-order valence-electron chi connectivity index (χ1n) is 11.0. The number of ether oxygens (including phenoxy) is 1. The number of nitrogens with zero attached hydrogens (tertiary/aromatic N) is 1. The molecule has 0 radical (unpaired) electrons. The van der Waals surface area contributed by atoms with Crippen molar-refractivity contribution >= 4 is 34.5 Å². The maximum Gasteiger partial charge on any atom is 0.300 e. The molecule has 5 rings (SSSR count). The summed E-state index contributed by atoms with van der Waals surface area (Å²) < 4.78 is 10.8. The molecular weight excluding hydrogens is 444 g/mol. The minimum absolute atomic E-state index is 0.0402. The van der Waals surface area contributed by atoms with E-state index < -0.39 is 17.7 Å². The highest BCUT2D eigenvalue weighted by Crippen LogP contribution is 2.42. The van der Waals surface area contributed by atoms with E-state index >= 15 is 0 Å². The monoisotopic (exact) mass is 466 g/mol. The lowest BCUT2D eigenvalue weighted by Gasteiger charge is -2.23. The third-order valence-electron chi connectivity index (χ3n) is 5.83. The van der Waals surface area contributed by atoms with Gasteiger partial charge in [-0.1, -0.05) is 18.2 Å². The van der Waals surface area contributed by atoms with Crippen LogP contribution in [-0.4, -0.2) is 23.9 Å². The topological polar surface area (TPSA) is 92.0 Å². The van der Waals surface area contributed by atoms with Gasteiger partial charge in [0.05, 0.1) is 18.9 Å². The number of anilines is 3. The number of aliphatic hydroxyl groups excluding tert-OH is 1. The number of hydrogen-bond donors (Lipinski definition) is 2. The number of methoxy groups -OCH3 is 1. The number of benzene rings is 3. The molecule has 0 aliphatic carbocycles. The van der Waals surface area contributed by atoms with Gasteiger partial charge in [-0.05, 0) is 72.8 Å². The van der Waals surface area contributed by atoms with Crippen molar-refractivity contribution in [1.29, 1.82) is 0 Å². The Bertz CT molecular complexity index is 1380. The summed E-state index contributed by atoms with van der Waals surface area (Å²) in [6, 6.07) is 25.9. The molecule has 1 aliphatic heterocycles. The highest BCUT2D eigenvalue weighted by molar-refractivity contribution is 6.51. The number of para-hydroxylation sites is 1. The van der Waals surface area contributed by atoms with Crippen LogP contribution in [-0.2, 0) is 9.59 Å². The van der Waals surface area contributed by atoms with E-state index in [9.17, 15) is 14.7 Å². The number of rotatable bonds is 6. The fourth-order valence-electron chi connectivity index (χ4n) is 4.11. The second-order valence-corrected chi connectivity index (χ2v) is 7.95. The zero-order valence-electron chi connectivity index (χ0n) is 18.8. The molecule has 35 heavy (non-hydrogen) atoms. The van der Waals surface area contributed by atoms with Crippen LogP contribution in [0.2, 0.25) is 0 Å². The molecule has 1 aromatic heterocycles. The molecule has 1 saturated heterocycles. The molecule has 2 heterocycles. The maximum atomic E-state index is 13.2. The van der Waals surface area contributed by atoms with Gasteiger partial charge in [0.15, 0.2) is 0 Å². The van der Waals surface area contributed by atoms with E-state index in [4.69, 9.17) is 9.15 Å². The van der Waals surface area contributed by atoms with Gasteiger partial charge in [0.2, 0.25) is 0 Å². The fraction of sp³-hybridized carbons (Fsp3) is 0.0714. The van der Waals surface area contributed by atoms with E-state index in [-0.39, 0.29) is 11.3 Å². The highest BCUT2D eigenvalue weighted by atomic mass is 16.5. The summed E-state index contributed by atoms with van der Waals surface area (Å²) in [5.74, 6) is -0.840. The quantitative estimate of drug-likeness (QED) is 0.216.